The Morgan fingerprint density at radius 3 is 2.86 bits per heavy atom. The number of aromatic nitrogens is 4. The largest absolute Gasteiger partial charge is 0.481 e. The number of imidazole rings is 1. The summed E-state index contributed by atoms with van der Waals surface area (Å²) < 4.78 is 40.6. The molecule has 148 valence electrons. The minimum absolute atomic E-state index is 0.185. The van der Waals surface area contributed by atoms with Crippen molar-refractivity contribution in [1.82, 2.24) is 19.6 Å². The molecule has 0 aromatic carbocycles. The molecule has 1 saturated heterocycles. The zero-order chi connectivity index (χ0) is 20.1. The highest BCUT2D eigenvalue weighted by Gasteiger charge is 2.34. The fraction of sp³-hybridized carbons (Fsp3) is 0.375. The van der Waals surface area contributed by atoms with E-state index in [0.717, 1.165) is 12.5 Å². The molecule has 3 aromatic heterocycles. The van der Waals surface area contributed by atoms with Gasteiger partial charge in [0.05, 0.1) is 23.4 Å². The van der Waals surface area contributed by atoms with Gasteiger partial charge in [-0.3, -0.25) is 4.79 Å². The fourth-order valence-corrected chi connectivity index (χ4v) is 4.07. The summed E-state index contributed by atoms with van der Waals surface area (Å²) in [6.07, 6.45) is -0.475. The maximum atomic E-state index is 13.0. The number of carboxylic acid groups (broad SMARTS) is 1. The molecule has 3 N–H and O–H groups in total. The zero-order valence-electron chi connectivity index (χ0n) is 14.3. The van der Waals surface area contributed by atoms with Crippen LogP contribution in [0.4, 0.5) is 24.1 Å². The summed E-state index contributed by atoms with van der Waals surface area (Å²) in [6, 6.07) is 0.914. The number of fused-ring (bicyclic) bond motifs is 1. The standard InChI is InChI=1S/C16H15F3N6O2S/c17-16(18,19)10-4-9(5-21-12(10)20)11-7-25-14(22-11)28-15(23-25)24-3-1-2-8(6-24)13(26)27/h4-5,7-8H,1-3,6H2,(H2,20,21)(H,26,27). The third-order valence-electron chi connectivity index (χ3n) is 4.59. The number of carboxylic acids is 1. The highest BCUT2D eigenvalue weighted by molar-refractivity contribution is 7.20. The molecular weight excluding hydrogens is 397 g/mol. The molecule has 0 radical (unpaired) electrons. The Morgan fingerprint density at radius 1 is 1.39 bits per heavy atom. The van der Waals surface area contributed by atoms with Crippen LogP contribution in [-0.2, 0) is 11.0 Å². The molecule has 4 rings (SSSR count). The van der Waals surface area contributed by atoms with Gasteiger partial charge in [-0.1, -0.05) is 11.3 Å². The number of pyridine rings is 1. The molecule has 1 aliphatic rings. The van der Waals surface area contributed by atoms with Gasteiger partial charge in [0.2, 0.25) is 10.1 Å². The first-order chi connectivity index (χ1) is 13.2. The van der Waals surface area contributed by atoms with Crippen molar-refractivity contribution in [3.63, 3.8) is 0 Å². The summed E-state index contributed by atoms with van der Waals surface area (Å²) in [5.41, 5.74) is 4.80. The van der Waals surface area contributed by atoms with Crippen LogP contribution < -0.4 is 10.6 Å². The lowest BCUT2D eigenvalue weighted by molar-refractivity contribution is -0.142. The zero-order valence-corrected chi connectivity index (χ0v) is 15.2. The first-order valence-electron chi connectivity index (χ1n) is 8.39. The molecule has 4 heterocycles. The lowest BCUT2D eigenvalue weighted by Gasteiger charge is -2.29. The van der Waals surface area contributed by atoms with Crippen molar-refractivity contribution in [3.8, 4) is 11.3 Å². The van der Waals surface area contributed by atoms with E-state index in [-0.39, 0.29) is 5.56 Å². The summed E-state index contributed by atoms with van der Waals surface area (Å²) in [5, 5.41) is 14.2. The second kappa shape index (κ2) is 6.62. The molecule has 0 aliphatic carbocycles. The van der Waals surface area contributed by atoms with Crippen LogP contribution in [0.15, 0.2) is 18.5 Å². The first kappa shape index (κ1) is 18.5. The number of aliphatic carboxylic acids is 1. The predicted molar refractivity (Wildman–Crippen MR) is 96.1 cm³/mol. The van der Waals surface area contributed by atoms with Gasteiger partial charge in [0.15, 0.2) is 0 Å². The van der Waals surface area contributed by atoms with Crippen molar-refractivity contribution in [2.75, 3.05) is 23.7 Å². The molecule has 1 atom stereocenters. The first-order valence-corrected chi connectivity index (χ1v) is 9.21. The van der Waals surface area contributed by atoms with E-state index in [1.54, 1.807) is 0 Å². The molecule has 1 fully saturated rings. The van der Waals surface area contributed by atoms with Gasteiger partial charge >= 0.3 is 12.1 Å². The topological polar surface area (TPSA) is 110 Å². The number of alkyl halides is 3. The summed E-state index contributed by atoms with van der Waals surface area (Å²) in [7, 11) is 0. The van der Waals surface area contributed by atoms with E-state index in [4.69, 9.17) is 5.73 Å². The number of anilines is 2. The highest BCUT2D eigenvalue weighted by atomic mass is 32.1. The van der Waals surface area contributed by atoms with E-state index in [1.165, 1.54) is 28.2 Å². The maximum absolute atomic E-state index is 13.0. The Kier molecular flexibility index (Phi) is 4.37. The average Bonchev–Trinajstić information content (AvgIpc) is 3.20. The third kappa shape index (κ3) is 3.35. The van der Waals surface area contributed by atoms with Gasteiger partial charge in [-0.25, -0.2) is 14.5 Å². The van der Waals surface area contributed by atoms with Crippen molar-refractivity contribution in [2.24, 2.45) is 5.92 Å². The number of hydrogen-bond acceptors (Lipinski definition) is 7. The van der Waals surface area contributed by atoms with Crippen molar-refractivity contribution in [2.45, 2.75) is 19.0 Å². The van der Waals surface area contributed by atoms with Gasteiger partial charge in [-0.2, -0.15) is 13.2 Å². The van der Waals surface area contributed by atoms with Gasteiger partial charge in [0.25, 0.3) is 0 Å². The molecule has 12 heteroatoms. The molecule has 0 saturated carbocycles. The number of hydrogen-bond donors (Lipinski definition) is 2. The molecule has 8 nitrogen and oxygen atoms in total. The van der Waals surface area contributed by atoms with Crippen molar-refractivity contribution in [1.29, 1.82) is 0 Å². The number of nitrogens with two attached hydrogens (primary N) is 1. The highest BCUT2D eigenvalue weighted by Crippen LogP contribution is 2.35. The van der Waals surface area contributed by atoms with E-state index in [9.17, 15) is 23.1 Å². The van der Waals surface area contributed by atoms with Gasteiger partial charge in [-0.05, 0) is 18.9 Å². The van der Waals surface area contributed by atoms with Crippen LogP contribution in [0.2, 0.25) is 0 Å². The average molecular weight is 412 g/mol. The van der Waals surface area contributed by atoms with Crippen molar-refractivity contribution in [3.05, 3.63) is 24.0 Å². The summed E-state index contributed by atoms with van der Waals surface area (Å²) in [5.74, 6) is -1.86. The SMILES string of the molecule is Nc1ncc(-c2cn3nc(N4CCCC(C(=O)O)C4)sc3n2)cc1C(F)(F)F. The van der Waals surface area contributed by atoms with Gasteiger partial charge in [-0.15, -0.1) is 5.10 Å². The Labute approximate surface area is 160 Å². The lowest BCUT2D eigenvalue weighted by atomic mass is 9.99. The number of rotatable bonds is 3. The van der Waals surface area contributed by atoms with Crippen LogP contribution in [0.1, 0.15) is 18.4 Å². The summed E-state index contributed by atoms with van der Waals surface area (Å²) in [4.78, 5) is 21.6. The Balaban J connectivity index is 1.62. The van der Waals surface area contributed by atoms with Crippen LogP contribution >= 0.6 is 11.3 Å². The molecule has 1 aliphatic heterocycles. The van der Waals surface area contributed by atoms with Gasteiger partial charge in [0.1, 0.15) is 5.82 Å². The summed E-state index contributed by atoms with van der Waals surface area (Å²) in [6.45, 7) is 1.07. The summed E-state index contributed by atoms with van der Waals surface area (Å²) >= 11 is 1.25. The monoisotopic (exact) mass is 412 g/mol. The van der Waals surface area contributed by atoms with Crippen molar-refractivity contribution < 1.29 is 23.1 Å². The molecule has 1 unspecified atom stereocenters. The van der Waals surface area contributed by atoms with E-state index >= 15 is 0 Å². The molecule has 3 aromatic rings. The van der Waals surface area contributed by atoms with Crippen molar-refractivity contribution >= 4 is 33.2 Å². The molecule has 0 bridgehead atoms. The number of piperidine rings is 1. The second-order valence-electron chi connectivity index (χ2n) is 6.52. The molecule has 28 heavy (non-hydrogen) atoms. The Hall–Kier alpha value is -2.89. The van der Waals surface area contributed by atoms with Crippen LogP contribution in [0, 0.1) is 5.92 Å². The number of nitrogen functional groups attached to an aromatic ring is 1. The molecule has 0 amide bonds. The Bertz CT molecular complexity index is 1020. The minimum atomic E-state index is -4.61. The van der Waals surface area contributed by atoms with Gasteiger partial charge < -0.3 is 15.7 Å². The quantitative estimate of drug-likeness (QED) is 0.681. The fourth-order valence-electron chi connectivity index (χ4n) is 3.15. The smallest absolute Gasteiger partial charge is 0.419 e. The van der Waals surface area contributed by atoms with Crippen LogP contribution in [0.3, 0.4) is 0 Å². The molecule has 0 spiro atoms. The van der Waals surface area contributed by atoms with Crippen LogP contribution in [-0.4, -0.2) is 43.7 Å². The lowest BCUT2D eigenvalue weighted by Crippen LogP contribution is -2.38. The van der Waals surface area contributed by atoms with E-state index in [0.29, 0.717) is 35.3 Å². The van der Waals surface area contributed by atoms with Crippen LogP contribution in [0.25, 0.3) is 16.2 Å². The Morgan fingerprint density at radius 2 is 2.18 bits per heavy atom. The number of halogens is 3. The second-order valence-corrected chi connectivity index (χ2v) is 7.45. The van der Waals surface area contributed by atoms with E-state index in [2.05, 4.69) is 15.1 Å². The normalized spacial score (nSPS) is 18.0. The number of nitrogens with zero attached hydrogens (tertiary/aromatic N) is 5. The third-order valence-corrected chi connectivity index (χ3v) is 5.58. The number of carbonyl (C=O) groups is 1. The maximum Gasteiger partial charge on any atom is 0.419 e. The minimum Gasteiger partial charge on any atom is -0.481 e. The van der Waals surface area contributed by atoms with E-state index in [1.807, 2.05) is 4.90 Å². The predicted octanol–water partition coefficient (Wildman–Crippen LogP) is 2.75. The molecular formula is C16H15F3N6O2S. The van der Waals surface area contributed by atoms with Gasteiger partial charge in [0, 0.05) is 24.8 Å². The van der Waals surface area contributed by atoms with Crippen LogP contribution in [0.5, 0.6) is 0 Å². The van der Waals surface area contributed by atoms with E-state index < -0.39 is 29.4 Å².